The van der Waals surface area contributed by atoms with E-state index in [1.165, 1.54) is 26.6 Å². The van der Waals surface area contributed by atoms with Gasteiger partial charge in [0, 0.05) is 11.3 Å². The fourth-order valence-electron chi connectivity index (χ4n) is 2.31. The molecule has 2 aromatic rings. The van der Waals surface area contributed by atoms with E-state index < -0.39 is 0 Å². The molecule has 96 valence electrons. The molecule has 0 atom stereocenters. The molecule has 2 aromatic carbocycles. The summed E-state index contributed by atoms with van der Waals surface area (Å²) >= 11 is 1.83. The monoisotopic (exact) mass is 267 g/mol. The fourth-order valence-corrected chi connectivity index (χ4v) is 3.43. The lowest BCUT2D eigenvalue weighted by Crippen LogP contribution is -2.05. The van der Waals surface area contributed by atoms with Crippen molar-refractivity contribution < 1.29 is 0 Å². The maximum Gasteiger partial charge on any atom is 0.0789 e. The van der Waals surface area contributed by atoms with Gasteiger partial charge in [-0.05, 0) is 43.5 Å². The molecule has 0 aliphatic carbocycles. The van der Waals surface area contributed by atoms with E-state index in [4.69, 9.17) is 4.99 Å². The lowest BCUT2D eigenvalue weighted by Gasteiger charge is -2.18. The van der Waals surface area contributed by atoms with E-state index in [0.717, 1.165) is 18.5 Å². The molecule has 2 heteroatoms. The first-order chi connectivity index (χ1) is 9.22. The predicted molar refractivity (Wildman–Crippen MR) is 83.6 cm³/mol. The Hall–Kier alpha value is -1.54. The van der Waals surface area contributed by atoms with Gasteiger partial charge in [0.25, 0.3) is 0 Å². The molecule has 1 aliphatic rings. The van der Waals surface area contributed by atoms with Gasteiger partial charge >= 0.3 is 0 Å². The number of aryl methyl sites for hydroxylation is 3. The summed E-state index contributed by atoms with van der Waals surface area (Å²) in [5.41, 5.74) is 5.17. The van der Waals surface area contributed by atoms with Gasteiger partial charge < -0.3 is 0 Å². The second-order valence-electron chi connectivity index (χ2n) is 5.01. The van der Waals surface area contributed by atoms with Crippen LogP contribution < -0.4 is 0 Å². The molecule has 3 rings (SSSR count). The predicted octanol–water partition coefficient (Wildman–Crippen LogP) is 5.07. The summed E-state index contributed by atoms with van der Waals surface area (Å²) in [6.07, 6.45) is 2.16. The van der Waals surface area contributed by atoms with Crippen LogP contribution in [0.25, 0.3) is 0 Å². The van der Waals surface area contributed by atoms with Crippen molar-refractivity contribution in [1.29, 1.82) is 0 Å². The van der Waals surface area contributed by atoms with E-state index in [-0.39, 0.29) is 0 Å². The van der Waals surface area contributed by atoms with Crippen molar-refractivity contribution in [3.63, 3.8) is 0 Å². The van der Waals surface area contributed by atoms with Gasteiger partial charge in [-0.2, -0.15) is 0 Å². The molecule has 1 heterocycles. The van der Waals surface area contributed by atoms with Gasteiger partial charge in [-0.3, -0.25) is 0 Å². The minimum atomic E-state index is 1.05. The van der Waals surface area contributed by atoms with Crippen molar-refractivity contribution in [3.8, 4) is 0 Å². The Morgan fingerprint density at radius 2 is 1.74 bits per heavy atom. The standard InChI is InChI=1S/C17H17NS/c1-12-6-9-15(10-7-12)18-16-11-8-14-5-3-4-13(2)17(14)19-16/h3-7,9-10H,8,11H2,1-2H3. The molecule has 0 aromatic heterocycles. The summed E-state index contributed by atoms with van der Waals surface area (Å²) in [6, 6.07) is 15.0. The fraction of sp³-hybridized carbons (Fsp3) is 0.235. The normalized spacial score (nSPS) is 16.4. The molecule has 0 amide bonds. The van der Waals surface area contributed by atoms with Crippen LogP contribution in [-0.2, 0) is 6.42 Å². The zero-order valence-corrected chi connectivity index (χ0v) is 12.1. The number of fused-ring (bicyclic) bond motifs is 1. The van der Waals surface area contributed by atoms with Crippen LogP contribution in [-0.4, -0.2) is 5.04 Å². The van der Waals surface area contributed by atoms with Gasteiger partial charge in [-0.25, -0.2) is 4.99 Å². The smallest absolute Gasteiger partial charge is 0.0789 e. The van der Waals surface area contributed by atoms with Gasteiger partial charge in [0.2, 0.25) is 0 Å². The quantitative estimate of drug-likeness (QED) is 0.702. The summed E-state index contributed by atoms with van der Waals surface area (Å²) in [6.45, 7) is 4.28. The maximum absolute atomic E-state index is 4.78. The molecule has 0 saturated heterocycles. The number of rotatable bonds is 1. The highest BCUT2D eigenvalue weighted by molar-refractivity contribution is 8.14. The highest BCUT2D eigenvalue weighted by atomic mass is 32.2. The van der Waals surface area contributed by atoms with Crippen LogP contribution in [0.15, 0.2) is 52.4 Å². The number of nitrogens with zero attached hydrogens (tertiary/aromatic N) is 1. The minimum Gasteiger partial charge on any atom is -0.246 e. The molecule has 0 N–H and O–H groups in total. The Morgan fingerprint density at radius 3 is 2.53 bits per heavy atom. The Morgan fingerprint density at radius 1 is 0.947 bits per heavy atom. The minimum absolute atomic E-state index is 1.05. The average Bonchev–Trinajstić information content (AvgIpc) is 2.42. The van der Waals surface area contributed by atoms with E-state index in [2.05, 4.69) is 56.3 Å². The van der Waals surface area contributed by atoms with E-state index >= 15 is 0 Å². The first-order valence-electron chi connectivity index (χ1n) is 6.63. The van der Waals surface area contributed by atoms with Crippen LogP contribution in [0, 0.1) is 13.8 Å². The van der Waals surface area contributed by atoms with Crippen LogP contribution in [0.2, 0.25) is 0 Å². The van der Waals surface area contributed by atoms with Crippen molar-refractivity contribution in [1.82, 2.24) is 0 Å². The largest absolute Gasteiger partial charge is 0.246 e. The average molecular weight is 267 g/mol. The molecule has 0 saturated carbocycles. The third-order valence-corrected chi connectivity index (χ3v) is 4.73. The summed E-state index contributed by atoms with van der Waals surface area (Å²) in [5.74, 6) is 0. The highest BCUT2D eigenvalue weighted by Gasteiger charge is 2.16. The summed E-state index contributed by atoms with van der Waals surface area (Å²) in [4.78, 5) is 6.18. The molecule has 0 spiro atoms. The van der Waals surface area contributed by atoms with E-state index in [9.17, 15) is 0 Å². The van der Waals surface area contributed by atoms with Crippen LogP contribution in [0.4, 0.5) is 5.69 Å². The number of aliphatic imine (C=N–C) groups is 1. The third-order valence-electron chi connectivity index (χ3n) is 3.41. The summed E-state index contributed by atoms with van der Waals surface area (Å²) in [7, 11) is 0. The third kappa shape index (κ3) is 2.74. The zero-order valence-electron chi connectivity index (χ0n) is 11.3. The first-order valence-corrected chi connectivity index (χ1v) is 7.44. The van der Waals surface area contributed by atoms with Crippen molar-refractivity contribution in [2.75, 3.05) is 0 Å². The van der Waals surface area contributed by atoms with Crippen LogP contribution in [0.5, 0.6) is 0 Å². The Balaban J connectivity index is 1.89. The molecule has 19 heavy (non-hydrogen) atoms. The van der Waals surface area contributed by atoms with Crippen molar-refractivity contribution in [2.24, 2.45) is 4.99 Å². The van der Waals surface area contributed by atoms with E-state index in [1.807, 2.05) is 11.8 Å². The van der Waals surface area contributed by atoms with Crippen molar-refractivity contribution >= 4 is 22.5 Å². The van der Waals surface area contributed by atoms with Gasteiger partial charge in [0.1, 0.15) is 0 Å². The lowest BCUT2D eigenvalue weighted by molar-refractivity contribution is 0.986. The SMILES string of the molecule is Cc1ccc(N=C2CCc3cccc(C)c3S2)cc1. The van der Waals surface area contributed by atoms with Crippen molar-refractivity contribution in [3.05, 3.63) is 59.2 Å². The zero-order chi connectivity index (χ0) is 13.2. The van der Waals surface area contributed by atoms with Gasteiger partial charge in [-0.15, -0.1) is 0 Å². The maximum atomic E-state index is 4.78. The number of hydrogen-bond donors (Lipinski definition) is 0. The van der Waals surface area contributed by atoms with Gasteiger partial charge in [-0.1, -0.05) is 47.7 Å². The number of hydrogen-bond acceptors (Lipinski definition) is 2. The Bertz CT molecular complexity index is 626. The molecular weight excluding hydrogens is 250 g/mol. The van der Waals surface area contributed by atoms with Crippen LogP contribution in [0.3, 0.4) is 0 Å². The first kappa shape index (κ1) is 12.5. The molecule has 1 nitrogen and oxygen atoms in total. The Kier molecular flexibility index (Phi) is 3.43. The Labute approximate surface area is 118 Å². The summed E-state index contributed by atoms with van der Waals surface area (Å²) in [5, 5.41) is 1.23. The van der Waals surface area contributed by atoms with Crippen LogP contribution in [0.1, 0.15) is 23.1 Å². The summed E-state index contributed by atoms with van der Waals surface area (Å²) < 4.78 is 0. The van der Waals surface area contributed by atoms with E-state index in [0.29, 0.717) is 0 Å². The number of benzene rings is 2. The molecule has 1 aliphatic heterocycles. The topological polar surface area (TPSA) is 12.4 Å². The van der Waals surface area contributed by atoms with E-state index in [1.54, 1.807) is 0 Å². The molecule has 0 unspecified atom stereocenters. The van der Waals surface area contributed by atoms with Crippen LogP contribution >= 0.6 is 11.8 Å². The highest BCUT2D eigenvalue weighted by Crippen LogP contribution is 2.35. The molecule has 0 bridgehead atoms. The molecule has 0 radical (unpaired) electrons. The molecule has 0 fully saturated rings. The lowest BCUT2D eigenvalue weighted by atomic mass is 10.1. The molecular formula is C17H17NS. The number of thioether (sulfide) groups is 1. The second-order valence-corrected chi connectivity index (χ2v) is 6.09. The second kappa shape index (κ2) is 5.22. The van der Waals surface area contributed by atoms with Crippen molar-refractivity contribution in [2.45, 2.75) is 31.6 Å². The van der Waals surface area contributed by atoms with Gasteiger partial charge in [0.15, 0.2) is 0 Å². The van der Waals surface area contributed by atoms with Gasteiger partial charge in [0.05, 0.1) is 10.7 Å².